The zero-order valence-corrected chi connectivity index (χ0v) is 10.0. The number of nitrogens with one attached hydrogen (secondary N) is 1. The molecule has 92 valence electrons. The summed E-state index contributed by atoms with van der Waals surface area (Å²) in [4.78, 5) is 1.71. The standard InChI is InChI=1S/C13H10N6/c14-8-18-6-9-5-15-19(12(9)7-18)13-10-3-1-2-4-11(10)16-17-13/h1-5H,6-7H2,(H,16,17). The van der Waals surface area contributed by atoms with E-state index in [0.29, 0.717) is 13.1 Å². The number of nitriles is 1. The molecule has 0 saturated carbocycles. The minimum absolute atomic E-state index is 0.590. The fraction of sp³-hybridized carbons (Fsp3) is 0.154. The van der Waals surface area contributed by atoms with E-state index in [-0.39, 0.29) is 0 Å². The van der Waals surface area contributed by atoms with Crippen molar-refractivity contribution in [2.24, 2.45) is 0 Å². The molecule has 0 bridgehead atoms. The van der Waals surface area contributed by atoms with Crippen molar-refractivity contribution in [1.82, 2.24) is 24.9 Å². The summed E-state index contributed by atoms with van der Waals surface area (Å²) in [7, 11) is 0. The lowest BCUT2D eigenvalue weighted by atomic mass is 10.2. The fourth-order valence-corrected chi connectivity index (χ4v) is 2.51. The largest absolute Gasteiger partial charge is 0.300 e. The van der Waals surface area contributed by atoms with E-state index in [2.05, 4.69) is 21.5 Å². The van der Waals surface area contributed by atoms with E-state index in [0.717, 1.165) is 28.0 Å². The molecule has 0 unspecified atom stereocenters. The van der Waals surface area contributed by atoms with E-state index < -0.39 is 0 Å². The highest BCUT2D eigenvalue weighted by molar-refractivity contribution is 5.85. The summed E-state index contributed by atoms with van der Waals surface area (Å²) in [5, 5.41) is 21.7. The summed E-state index contributed by atoms with van der Waals surface area (Å²) in [6.45, 7) is 1.22. The van der Waals surface area contributed by atoms with Gasteiger partial charge in [0, 0.05) is 10.9 Å². The Labute approximate surface area is 108 Å². The smallest absolute Gasteiger partial charge is 0.183 e. The van der Waals surface area contributed by atoms with Gasteiger partial charge in [0.2, 0.25) is 0 Å². The molecule has 1 aliphatic rings. The van der Waals surface area contributed by atoms with Crippen LogP contribution in [0.2, 0.25) is 0 Å². The summed E-state index contributed by atoms with van der Waals surface area (Å²) in [6.07, 6.45) is 3.99. The van der Waals surface area contributed by atoms with Gasteiger partial charge in [-0.1, -0.05) is 12.1 Å². The van der Waals surface area contributed by atoms with Crippen molar-refractivity contribution in [3.8, 4) is 12.0 Å². The molecular formula is C13H10N6. The molecule has 0 saturated heterocycles. The number of benzene rings is 1. The summed E-state index contributed by atoms with van der Waals surface area (Å²) >= 11 is 0. The van der Waals surface area contributed by atoms with E-state index in [4.69, 9.17) is 5.26 Å². The van der Waals surface area contributed by atoms with Crippen LogP contribution in [0.3, 0.4) is 0 Å². The highest BCUT2D eigenvalue weighted by atomic mass is 15.4. The fourth-order valence-electron chi connectivity index (χ4n) is 2.51. The molecule has 3 aromatic rings. The van der Waals surface area contributed by atoms with E-state index in [9.17, 15) is 0 Å². The first-order valence-corrected chi connectivity index (χ1v) is 6.01. The minimum Gasteiger partial charge on any atom is -0.300 e. The molecule has 4 rings (SSSR count). The summed E-state index contributed by atoms with van der Waals surface area (Å²) < 4.78 is 1.82. The number of rotatable bonds is 1. The van der Waals surface area contributed by atoms with Crippen LogP contribution in [-0.4, -0.2) is 24.9 Å². The van der Waals surface area contributed by atoms with Crippen molar-refractivity contribution in [1.29, 1.82) is 5.26 Å². The number of para-hydroxylation sites is 1. The zero-order chi connectivity index (χ0) is 12.8. The lowest BCUT2D eigenvalue weighted by molar-refractivity contribution is 0.408. The lowest BCUT2D eigenvalue weighted by Crippen LogP contribution is -2.11. The first-order chi connectivity index (χ1) is 9.36. The van der Waals surface area contributed by atoms with Gasteiger partial charge in [0.1, 0.15) is 0 Å². The van der Waals surface area contributed by atoms with Crippen molar-refractivity contribution in [2.45, 2.75) is 13.1 Å². The SMILES string of the molecule is N#CN1Cc2cnn(-c3n[nH]c4ccccc34)c2C1. The molecule has 0 radical (unpaired) electrons. The number of aromatic nitrogens is 4. The lowest BCUT2D eigenvalue weighted by Gasteiger charge is -2.06. The number of fused-ring (bicyclic) bond motifs is 2. The van der Waals surface area contributed by atoms with Gasteiger partial charge >= 0.3 is 0 Å². The minimum atomic E-state index is 0.590. The first-order valence-electron chi connectivity index (χ1n) is 6.01. The van der Waals surface area contributed by atoms with E-state index >= 15 is 0 Å². The third kappa shape index (κ3) is 1.35. The molecule has 0 atom stereocenters. The molecule has 19 heavy (non-hydrogen) atoms. The molecule has 0 amide bonds. The van der Waals surface area contributed by atoms with Gasteiger partial charge in [-0.3, -0.25) is 5.10 Å². The van der Waals surface area contributed by atoms with Crippen LogP contribution in [0.5, 0.6) is 0 Å². The van der Waals surface area contributed by atoms with Crippen molar-refractivity contribution in [2.75, 3.05) is 0 Å². The van der Waals surface area contributed by atoms with E-state index in [1.807, 2.05) is 35.1 Å². The molecule has 0 aliphatic carbocycles. The number of nitrogens with zero attached hydrogens (tertiary/aromatic N) is 5. The molecule has 2 aromatic heterocycles. The van der Waals surface area contributed by atoms with Gasteiger partial charge in [-0.15, -0.1) is 0 Å². The summed E-state index contributed by atoms with van der Waals surface area (Å²) in [5.41, 5.74) is 3.12. The second-order valence-corrected chi connectivity index (χ2v) is 4.58. The van der Waals surface area contributed by atoms with Crippen LogP contribution in [0.1, 0.15) is 11.3 Å². The topological polar surface area (TPSA) is 73.5 Å². The summed E-state index contributed by atoms with van der Waals surface area (Å²) in [6, 6.07) is 7.94. The average Bonchev–Trinajstić information content (AvgIpc) is 3.10. The summed E-state index contributed by atoms with van der Waals surface area (Å²) in [5.74, 6) is 0.789. The van der Waals surface area contributed by atoms with Gasteiger partial charge in [0.05, 0.1) is 30.5 Å². The van der Waals surface area contributed by atoms with Crippen molar-refractivity contribution in [3.63, 3.8) is 0 Å². The van der Waals surface area contributed by atoms with E-state index in [1.54, 1.807) is 4.90 Å². The van der Waals surface area contributed by atoms with Crippen LogP contribution in [0, 0.1) is 11.5 Å². The molecule has 6 heteroatoms. The maximum absolute atomic E-state index is 8.97. The van der Waals surface area contributed by atoms with Gasteiger partial charge in [-0.2, -0.15) is 15.5 Å². The quantitative estimate of drug-likeness (QED) is 0.665. The Balaban J connectivity index is 1.89. The third-order valence-corrected chi connectivity index (χ3v) is 3.45. The van der Waals surface area contributed by atoms with Crippen molar-refractivity contribution < 1.29 is 0 Å². The second-order valence-electron chi connectivity index (χ2n) is 4.58. The predicted octanol–water partition coefficient (Wildman–Crippen LogP) is 1.55. The van der Waals surface area contributed by atoms with E-state index in [1.165, 1.54) is 0 Å². The van der Waals surface area contributed by atoms with Gasteiger partial charge < -0.3 is 4.90 Å². The maximum atomic E-state index is 8.97. The Hall–Kier alpha value is -2.81. The molecule has 3 heterocycles. The Morgan fingerprint density at radius 1 is 1.26 bits per heavy atom. The van der Waals surface area contributed by atoms with Gasteiger partial charge in [-0.05, 0) is 12.1 Å². The monoisotopic (exact) mass is 250 g/mol. The Kier molecular flexibility index (Phi) is 1.92. The molecular weight excluding hydrogens is 240 g/mol. The van der Waals surface area contributed by atoms with Crippen molar-refractivity contribution in [3.05, 3.63) is 41.7 Å². The van der Waals surface area contributed by atoms with Crippen LogP contribution in [0.25, 0.3) is 16.7 Å². The Bertz CT molecular complexity index is 806. The van der Waals surface area contributed by atoms with Gasteiger partial charge in [0.25, 0.3) is 0 Å². The normalized spacial score (nSPS) is 13.7. The predicted molar refractivity (Wildman–Crippen MR) is 68.1 cm³/mol. The zero-order valence-electron chi connectivity index (χ0n) is 10.0. The van der Waals surface area contributed by atoms with Crippen LogP contribution in [-0.2, 0) is 13.1 Å². The highest BCUT2D eigenvalue weighted by Crippen LogP contribution is 2.26. The first kappa shape index (κ1) is 10.1. The average molecular weight is 250 g/mol. The molecule has 0 spiro atoms. The Morgan fingerprint density at radius 2 is 2.16 bits per heavy atom. The third-order valence-electron chi connectivity index (χ3n) is 3.45. The molecule has 1 N–H and O–H groups in total. The van der Waals surface area contributed by atoms with Crippen LogP contribution in [0.15, 0.2) is 30.5 Å². The van der Waals surface area contributed by atoms with Gasteiger partial charge in [0.15, 0.2) is 12.0 Å². The highest BCUT2D eigenvalue weighted by Gasteiger charge is 2.24. The number of H-pyrrole nitrogens is 1. The molecule has 1 aromatic carbocycles. The Morgan fingerprint density at radius 3 is 3.05 bits per heavy atom. The van der Waals surface area contributed by atoms with Crippen LogP contribution in [0.4, 0.5) is 0 Å². The van der Waals surface area contributed by atoms with Crippen molar-refractivity contribution >= 4 is 10.9 Å². The van der Waals surface area contributed by atoms with Crippen LogP contribution < -0.4 is 0 Å². The van der Waals surface area contributed by atoms with Crippen LogP contribution >= 0.6 is 0 Å². The number of aromatic amines is 1. The molecule has 0 fully saturated rings. The number of hydrogen-bond acceptors (Lipinski definition) is 4. The molecule has 6 nitrogen and oxygen atoms in total. The second kappa shape index (κ2) is 3.59. The molecule has 1 aliphatic heterocycles. The van der Waals surface area contributed by atoms with Gasteiger partial charge in [-0.25, -0.2) is 4.68 Å². The maximum Gasteiger partial charge on any atom is 0.183 e. The number of hydrogen-bond donors (Lipinski definition) is 1.